The van der Waals surface area contributed by atoms with Crippen LogP contribution in [-0.2, 0) is 16.0 Å². The van der Waals surface area contributed by atoms with Crippen LogP contribution in [0.5, 0.6) is 0 Å². The molecule has 1 rings (SSSR count). The van der Waals surface area contributed by atoms with E-state index in [0.717, 1.165) is 5.56 Å². The first-order chi connectivity index (χ1) is 8.54. The minimum absolute atomic E-state index is 0.164. The summed E-state index contributed by atoms with van der Waals surface area (Å²) in [5.41, 5.74) is 0.898. The van der Waals surface area contributed by atoms with Gasteiger partial charge in [0.2, 0.25) is 5.91 Å². The van der Waals surface area contributed by atoms with Crippen LogP contribution < -0.4 is 5.32 Å². The van der Waals surface area contributed by atoms with Crippen LogP contribution in [-0.4, -0.2) is 23.0 Å². The predicted molar refractivity (Wildman–Crippen MR) is 69.2 cm³/mol. The molecule has 0 fully saturated rings. The van der Waals surface area contributed by atoms with E-state index in [9.17, 15) is 9.59 Å². The number of rotatable bonds is 6. The molecule has 4 nitrogen and oxygen atoms in total. The van der Waals surface area contributed by atoms with Crippen LogP contribution in [0.4, 0.5) is 0 Å². The zero-order valence-corrected chi connectivity index (χ0v) is 10.7. The van der Waals surface area contributed by atoms with Crippen LogP contribution in [0.25, 0.3) is 0 Å². The molecule has 0 aliphatic rings. The lowest BCUT2D eigenvalue weighted by atomic mass is 10.0. The summed E-state index contributed by atoms with van der Waals surface area (Å²) in [6, 6.07) is 8.41. The number of hydrogen-bond acceptors (Lipinski definition) is 2. The molecule has 0 radical (unpaired) electrons. The fraction of sp³-hybridized carbons (Fsp3) is 0.429. The number of amides is 1. The monoisotopic (exact) mass is 249 g/mol. The summed E-state index contributed by atoms with van der Waals surface area (Å²) in [4.78, 5) is 22.8. The highest BCUT2D eigenvalue weighted by Crippen LogP contribution is 2.06. The molecule has 0 saturated heterocycles. The lowest BCUT2D eigenvalue weighted by molar-refractivity contribution is -0.142. The second kappa shape index (κ2) is 6.79. The number of benzene rings is 1. The van der Waals surface area contributed by atoms with Gasteiger partial charge in [0.15, 0.2) is 0 Å². The average Bonchev–Trinajstić information content (AvgIpc) is 2.37. The van der Waals surface area contributed by atoms with Crippen LogP contribution in [0.2, 0.25) is 0 Å². The highest BCUT2D eigenvalue weighted by molar-refractivity contribution is 5.84. The maximum absolute atomic E-state index is 11.7. The first-order valence-corrected chi connectivity index (χ1v) is 6.11. The summed E-state index contributed by atoms with van der Waals surface area (Å²) in [6.07, 6.45) is 1.00. The van der Waals surface area contributed by atoms with E-state index in [0.29, 0.717) is 12.8 Å². The van der Waals surface area contributed by atoms with Gasteiger partial charge < -0.3 is 10.4 Å². The van der Waals surface area contributed by atoms with Gasteiger partial charge in [0.05, 0.1) is 0 Å². The summed E-state index contributed by atoms with van der Waals surface area (Å²) in [5, 5.41) is 11.7. The van der Waals surface area contributed by atoms with Crippen molar-refractivity contribution in [2.75, 3.05) is 0 Å². The van der Waals surface area contributed by atoms with Crippen LogP contribution in [0, 0.1) is 5.92 Å². The normalized spacial score (nSPS) is 13.7. The molecule has 0 unspecified atom stereocenters. The number of carboxylic acid groups (broad SMARTS) is 1. The molecular formula is C14H19NO3. The van der Waals surface area contributed by atoms with Crippen molar-refractivity contribution >= 4 is 11.9 Å². The molecule has 0 spiro atoms. The molecule has 1 aromatic rings. The maximum Gasteiger partial charge on any atom is 0.326 e. The van der Waals surface area contributed by atoms with Crippen LogP contribution in [0.1, 0.15) is 25.8 Å². The number of carboxylic acids is 1. The average molecular weight is 249 g/mol. The molecule has 18 heavy (non-hydrogen) atoms. The summed E-state index contributed by atoms with van der Waals surface area (Å²) in [5.74, 6) is -1.38. The van der Waals surface area contributed by atoms with Gasteiger partial charge in [-0.3, -0.25) is 4.79 Å². The molecule has 0 bridgehead atoms. The Kier molecular flexibility index (Phi) is 5.36. The van der Waals surface area contributed by atoms with E-state index in [-0.39, 0.29) is 11.8 Å². The molecule has 0 heterocycles. The zero-order valence-electron chi connectivity index (χ0n) is 10.7. The second-order valence-electron chi connectivity index (χ2n) is 4.40. The quantitative estimate of drug-likeness (QED) is 0.808. The molecule has 0 aromatic heterocycles. The Morgan fingerprint density at radius 1 is 1.28 bits per heavy atom. The highest BCUT2D eigenvalue weighted by Gasteiger charge is 2.22. The fourth-order valence-corrected chi connectivity index (χ4v) is 1.55. The minimum Gasteiger partial charge on any atom is -0.480 e. The second-order valence-corrected chi connectivity index (χ2v) is 4.40. The van der Waals surface area contributed by atoms with E-state index in [1.54, 1.807) is 6.92 Å². The van der Waals surface area contributed by atoms with E-state index < -0.39 is 12.0 Å². The van der Waals surface area contributed by atoms with E-state index in [4.69, 9.17) is 5.11 Å². The van der Waals surface area contributed by atoms with Crippen molar-refractivity contribution in [3.05, 3.63) is 35.9 Å². The predicted octanol–water partition coefficient (Wildman–Crippen LogP) is 1.84. The van der Waals surface area contributed by atoms with E-state index in [1.165, 1.54) is 0 Å². The summed E-state index contributed by atoms with van der Waals surface area (Å²) >= 11 is 0. The van der Waals surface area contributed by atoms with Gasteiger partial charge in [0.1, 0.15) is 6.04 Å². The number of carbonyl (C=O) groups is 2. The smallest absolute Gasteiger partial charge is 0.326 e. The SMILES string of the molecule is CC[C@@H](C)C(=O)N[C@H](Cc1ccccc1)C(=O)O. The Balaban J connectivity index is 2.67. The van der Waals surface area contributed by atoms with Crippen molar-refractivity contribution < 1.29 is 14.7 Å². The highest BCUT2D eigenvalue weighted by atomic mass is 16.4. The lowest BCUT2D eigenvalue weighted by Gasteiger charge is -2.17. The van der Waals surface area contributed by atoms with Crippen molar-refractivity contribution in [1.29, 1.82) is 0 Å². The standard InChI is InChI=1S/C14H19NO3/c1-3-10(2)13(16)15-12(14(17)18)9-11-7-5-4-6-8-11/h4-8,10,12H,3,9H2,1-2H3,(H,15,16)(H,17,18)/t10-,12-/m1/s1. The topological polar surface area (TPSA) is 66.4 Å². The lowest BCUT2D eigenvalue weighted by Crippen LogP contribution is -2.44. The molecule has 1 amide bonds. The van der Waals surface area contributed by atoms with Gasteiger partial charge in [-0.05, 0) is 12.0 Å². The van der Waals surface area contributed by atoms with Gasteiger partial charge in [-0.25, -0.2) is 4.79 Å². The fourth-order valence-electron chi connectivity index (χ4n) is 1.55. The Morgan fingerprint density at radius 3 is 2.39 bits per heavy atom. The molecule has 2 N–H and O–H groups in total. The molecule has 0 aliphatic heterocycles. The van der Waals surface area contributed by atoms with E-state index >= 15 is 0 Å². The van der Waals surface area contributed by atoms with Crippen molar-refractivity contribution in [1.82, 2.24) is 5.32 Å². The molecular weight excluding hydrogens is 230 g/mol. The number of hydrogen-bond donors (Lipinski definition) is 2. The summed E-state index contributed by atoms with van der Waals surface area (Å²) < 4.78 is 0. The maximum atomic E-state index is 11.7. The number of nitrogens with one attached hydrogen (secondary N) is 1. The largest absolute Gasteiger partial charge is 0.480 e. The molecule has 1 aromatic carbocycles. The van der Waals surface area contributed by atoms with Crippen LogP contribution in [0.3, 0.4) is 0 Å². The van der Waals surface area contributed by atoms with Gasteiger partial charge >= 0.3 is 5.97 Å². The third-order valence-electron chi connectivity index (χ3n) is 2.96. The third-order valence-corrected chi connectivity index (χ3v) is 2.96. The van der Waals surface area contributed by atoms with Crippen LogP contribution in [0.15, 0.2) is 30.3 Å². The Hall–Kier alpha value is -1.84. The van der Waals surface area contributed by atoms with Crippen molar-refractivity contribution in [2.45, 2.75) is 32.7 Å². The first-order valence-electron chi connectivity index (χ1n) is 6.11. The molecule has 2 atom stereocenters. The Bertz CT molecular complexity index is 403. The third kappa shape index (κ3) is 4.20. The minimum atomic E-state index is -1.00. The zero-order chi connectivity index (χ0) is 13.5. The van der Waals surface area contributed by atoms with Crippen molar-refractivity contribution in [2.24, 2.45) is 5.92 Å². The molecule has 98 valence electrons. The van der Waals surface area contributed by atoms with E-state index in [2.05, 4.69) is 5.32 Å². The van der Waals surface area contributed by atoms with Gasteiger partial charge in [-0.2, -0.15) is 0 Å². The van der Waals surface area contributed by atoms with Gasteiger partial charge in [0, 0.05) is 12.3 Å². The van der Waals surface area contributed by atoms with Crippen molar-refractivity contribution in [3.8, 4) is 0 Å². The summed E-state index contributed by atoms with van der Waals surface area (Å²) in [7, 11) is 0. The van der Waals surface area contributed by atoms with Gasteiger partial charge in [-0.1, -0.05) is 44.2 Å². The Labute approximate surface area is 107 Å². The van der Waals surface area contributed by atoms with Crippen LogP contribution >= 0.6 is 0 Å². The van der Waals surface area contributed by atoms with Crippen molar-refractivity contribution in [3.63, 3.8) is 0 Å². The number of aliphatic carboxylic acids is 1. The molecule has 0 saturated carbocycles. The summed E-state index contributed by atoms with van der Waals surface area (Å²) in [6.45, 7) is 3.69. The van der Waals surface area contributed by atoms with Gasteiger partial charge in [-0.15, -0.1) is 0 Å². The Morgan fingerprint density at radius 2 is 1.89 bits per heavy atom. The number of carbonyl (C=O) groups excluding carboxylic acids is 1. The van der Waals surface area contributed by atoms with Gasteiger partial charge in [0.25, 0.3) is 0 Å². The molecule has 4 heteroatoms. The first kappa shape index (κ1) is 14.2. The van der Waals surface area contributed by atoms with E-state index in [1.807, 2.05) is 37.3 Å². The molecule has 0 aliphatic carbocycles.